The van der Waals surface area contributed by atoms with Gasteiger partial charge in [-0.3, -0.25) is 0 Å². The second kappa shape index (κ2) is 5.61. The standard InChI is InChI=1S/C12H20N2S/c1-10(11-5-3-2-4-6-11)13-7-12-8-15-9-14-12/h8-11,13H,2-7H2,1H3/t10-/m0/s1. The van der Waals surface area contributed by atoms with Gasteiger partial charge in [-0.15, -0.1) is 11.3 Å². The molecule has 1 fully saturated rings. The minimum atomic E-state index is 0.645. The zero-order chi connectivity index (χ0) is 10.5. The van der Waals surface area contributed by atoms with E-state index < -0.39 is 0 Å². The Balaban J connectivity index is 1.74. The second-order valence-electron chi connectivity index (χ2n) is 4.55. The number of rotatable bonds is 4. The van der Waals surface area contributed by atoms with Gasteiger partial charge in [-0.2, -0.15) is 0 Å². The van der Waals surface area contributed by atoms with Crippen LogP contribution in [-0.2, 0) is 6.54 Å². The largest absolute Gasteiger partial charge is 0.308 e. The van der Waals surface area contributed by atoms with E-state index in [4.69, 9.17) is 0 Å². The summed E-state index contributed by atoms with van der Waals surface area (Å²) in [7, 11) is 0. The number of thiazole rings is 1. The number of nitrogens with zero attached hydrogens (tertiary/aromatic N) is 1. The summed E-state index contributed by atoms with van der Waals surface area (Å²) < 4.78 is 0. The average Bonchev–Trinajstić information content (AvgIpc) is 2.80. The predicted octanol–water partition coefficient (Wildman–Crippen LogP) is 3.20. The molecule has 1 N–H and O–H groups in total. The van der Waals surface area contributed by atoms with Crippen LogP contribution in [-0.4, -0.2) is 11.0 Å². The van der Waals surface area contributed by atoms with Crippen LogP contribution in [0.4, 0.5) is 0 Å². The van der Waals surface area contributed by atoms with E-state index >= 15 is 0 Å². The lowest BCUT2D eigenvalue weighted by molar-refractivity contribution is 0.280. The third-order valence-corrected chi connectivity index (χ3v) is 4.08. The molecular weight excluding hydrogens is 204 g/mol. The molecule has 0 radical (unpaired) electrons. The van der Waals surface area contributed by atoms with Crippen LogP contribution in [0.2, 0.25) is 0 Å². The van der Waals surface area contributed by atoms with Crippen molar-refractivity contribution >= 4 is 11.3 Å². The highest BCUT2D eigenvalue weighted by atomic mass is 32.1. The fourth-order valence-electron chi connectivity index (χ4n) is 2.39. The van der Waals surface area contributed by atoms with E-state index in [1.54, 1.807) is 11.3 Å². The van der Waals surface area contributed by atoms with Gasteiger partial charge >= 0.3 is 0 Å². The van der Waals surface area contributed by atoms with E-state index in [1.807, 2.05) is 5.51 Å². The van der Waals surface area contributed by atoms with Crippen molar-refractivity contribution in [2.75, 3.05) is 0 Å². The van der Waals surface area contributed by atoms with Gasteiger partial charge in [0.1, 0.15) is 0 Å². The predicted molar refractivity (Wildman–Crippen MR) is 65.0 cm³/mol. The molecular formula is C12H20N2S. The highest BCUT2D eigenvalue weighted by molar-refractivity contribution is 7.07. The molecule has 2 nitrogen and oxygen atoms in total. The normalized spacial score (nSPS) is 20.3. The van der Waals surface area contributed by atoms with Gasteiger partial charge in [-0.25, -0.2) is 4.98 Å². The lowest BCUT2D eigenvalue weighted by atomic mass is 9.84. The van der Waals surface area contributed by atoms with E-state index in [1.165, 1.54) is 37.8 Å². The molecule has 1 aromatic heterocycles. The minimum Gasteiger partial charge on any atom is -0.308 e. The molecule has 0 unspecified atom stereocenters. The van der Waals surface area contributed by atoms with Crippen LogP contribution in [0, 0.1) is 5.92 Å². The van der Waals surface area contributed by atoms with Gasteiger partial charge in [-0.05, 0) is 25.7 Å². The molecule has 3 heteroatoms. The van der Waals surface area contributed by atoms with Crippen LogP contribution in [0.5, 0.6) is 0 Å². The Labute approximate surface area is 96.1 Å². The van der Waals surface area contributed by atoms with Crippen molar-refractivity contribution in [3.63, 3.8) is 0 Å². The topological polar surface area (TPSA) is 24.9 Å². The van der Waals surface area contributed by atoms with Crippen LogP contribution in [0.1, 0.15) is 44.7 Å². The van der Waals surface area contributed by atoms with Crippen molar-refractivity contribution in [1.82, 2.24) is 10.3 Å². The van der Waals surface area contributed by atoms with Crippen molar-refractivity contribution in [1.29, 1.82) is 0 Å². The zero-order valence-electron chi connectivity index (χ0n) is 9.41. The smallest absolute Gasteiger partial charge is 0.0795 e. The molecule has 0 aliphatic heterocycles. The Morgan fingerprint density at radius 2 is 2.27 bits per heavy atom. The quantitative estimate of drug-likeness (QED) is 0.849. The summed E-state index contributed by atoms with van der Waals surface area (Å²) in [5.74, 6) is 0.886. The summed E-state index contributed by atoms with van der Waals surface area (Å²) in [5, 5.41) is 5.72. The molecule has 0 bridgehead atoms. The Morgan fingerprint density at radius 3 is 2.93 bits per heavy atom. The number of hydrogen-bond donors (Lipinski definition) is 1. The maximum atomic E-state index is 4.29. The Bertz CT molecular complexity index is 265. The summed E-state index contributed by atoms with van der Waals surface area (Å²) in [4.78, 5) is 4.29. The zero-order valence-corrected chi connectivity index (χ0v) is 10.2. The van der Waals surface area contributed by atoms with Crippen molar-refractivity contribution in [2.24, 2.45) is 5.92 Å². The van der Waals surface area contributed by atoms with Gasteiger partial charge in [-0.1, -0.05) is 19.3 Å². The van der Waals surface area contributed by atoms with Crippen LogP contribution < -0.4 is 5.32 Å². The molecule has 1 heterocycles. The summed E-state index contributed by atoms with van der Waals surface area (Å²) in [6, 6.07) is 0.645. The first kappa shape index (κ1) is 11.1. The number of hydrogen-bond acceptors (Lipinski definition) is 3. The van der Waals surface area contributed by atoms with Gasteiger partial charge in [0.2, 0.25) is 0 Å². The summed E-state index contributed by atoms with van der Waals surface area (Å²) in [6.45, 7) is 3.25. The van der Waals surface area contributed by atoms with Crippen molar-refractivity contribution < 1.29 is 0 Å². The monoisotopic (exact) mass is 224 g/mol. The fourth-order valence-corrected chi connectivity index (χ4v) is 2.95. The number of nitrogens with one attached hydrogen (secondary N) is 1. The molecule has 1 aromatic rings. The molecule has 0 spiro atoms. The lowest BCUT2D eigenvalue weighted by Gasteiger charge is -2.28. The van der Waals surface area contributed by atoms with Crippen LogP contribution in [0.25, 0.3) is 0 Å². The molecule has 1 aliphatic rings. The number of aromatic nitrogens is 1. The first-order chi connectivity index (χ1) is 7.36. The van der Waals surface area contributed by atoms with Gasteiger partial charge in [0, 0.05) is 18.0 Å². The third-order valence-electron chi connectivity index (χ3n) is 3.45. The molecule has 1 saturated carbocycles. The van der Waals surface area contributed by atoms with Crippen LogP contribution in [0.15, 0.2) is 10.9 Å². The molecule has 0 amide bonds. The van der Waals surface area contributed by atoms with Crippen LogP contribution >= 0.6 is 11.3 Å². The third kappa shape index (κ3) is 3.28. The Morgan fingerprint density at radius 1 is 1.47 bits per heavy atom. The van der Waals surface area contributed by atoms with Crippen molar-refractivity contribution in [2.45, 2.75) is 51.6 Å². The van der Waals surface area contributed by atoms with Crippen molar-refractivity contribution in [3.05, 3.63) is 16.6 Å². The van der Waals surface area contributed by atoms with E-state index in [2.05, 4.69) is 22.6 Å². The van der Waals surface area contributed by atoms with Gasteiger partial charge in [0.15, 0.2) is 0 Å². The van der Waals surface area contributed by atoms with Gasteiger partial charge < -0.3 is 5.32 Å². The molecule has 84 valence electrons. The van der Waals surface area contributed by atoms with Crippen LogP contribution in [0.3, 0.4) is 0 Å². The van der Waals surface area contributed by atoms with E-state index in [0.29, 0.717) is 6.04 Å². The summed E-state index contributed by atoms with van der Waals surface area (Å²) >= 11 is 1.68. The van der Waals surface area contributed by atoms with Crippen molar-refractivity contribution in [3.8, 4) is 0 Å². The molecule has 1 aliphatic carbocycles. The maximum absolute atomic E-state index is 4.29. The fraction of sp³-hybridized carbons (Fsp3) is 0.750. The summed E-state index contributed by atoms with van der Waals surface area (Å²) in [6.07, 6.45) is 7.10. The molecule has 1 atom stereocenters. The van der Waals surface area contributed by atoms with E-state index in [9.17, 15) is 0 Å². The molecule has 0 aromatic carbocycles. The first-order valence-electron chi connectivity index (χ1n) is 5.96. The second-order valence-corrected chi connectivity index (χ2v) is 5.27. The summed E-state index contributed by atoms with van der Waals surface area (Å²) in [5.41, 5.74) is 3.09. The highest BCUT2D eigenvalue weighted by Crippen LogP contribution is 2.26. The molecule has 15 heavy (non-hydrogen) atoms. The molecule has 0 saturated heterocycles. The minimum absolute atomic E-state index is 0.645. The lowest BCUT2D eigenvalue weighted by Crippen LogP contribution is -2.34. The van der Waals surface area contributed by atoms with E-state index in [-0.39, 0.29) is 0 Å². The van der Waals surface area contributed by atoms with E-state index in [0.717, 1.165) is 12.5 Å². The average molecular weight is 224 g/mol. The van der Waals surface area contributed by atoms with Gasteiger partial charge in [0.25, 0.3) is 0 Å². The Kier molecular flexibility index (Phi) is 4.15. The first-order valence-corrected chi connectivity index (χ1v) is 6.91. The Hall–Kier alpha value is -0.410. The SMILES string of the molecule is C[C@H](NCc1cscn1)C1CCCCC1. The maximum Gasteiger partial charge on any atom is 0.0795 e. The van der Waals surface area contributed by atoms with Gasteiger partial charge in [0.05, 0.1) is 11.2 Å². The molecule has 2 rings (SSSR count). The highest BCUT2D eigenvalue weighted by Gasteiger charge is 2.19.